The van der Waals surface area contributed by atoms with E-state index >= 15 is 0 Å². The molecule has 7 heteroatoms. The number of rotatable bonds is 7. The first kappa shape index (κ1) is 16.1. The number of likely N-dealkylation sites (tertiary alicyclic amines) is 1. The van der Waals surface area contributed by atoms with E-state index in [2.05, 4.69) is 50.3 Å². The van der Waals surface area contributed by atoms with Gasteiger partial charge in [0, 0.05) is 18.8 Å². The molecule has 0 aromatic carbocycles. The van der Waals surface area contributed by atoms with Gasteiger partial charge in [-0.15, -0.1) is 5.10 Å². The Morgan fingerprint density at radius 1 is 1.30 bits per heavy atom. The van der Waals surface area contributed by atoms with Gasteiger partial charge in [-0.2, -0.15) is 5.10 Å². The summed E-state index contributed by atoms with van der Waals surface area (Å²) < 4.78 is 4.03. The molecule has 0 radical (unpaired) electrons. The molecule has 2 aromatic rings. The van der Waals surface area contributed by atoms with E-state index in [1.54, 1.807) is 0 Å². The van der Waals surface area contributed by atoms with Gasteiger partial charge in [-0.25, -0.2) is 4.68 Å². The monoisotopic (exact) mass is 317 g/mol. The third-order valence-electron chi connectivity index (χ3n) is 4.58. The fourth-order valence-corrected chi connectivity index (χ4v) is 3.26. The van der Waals surface area contributed by atoms with Crippen molar-refractivity contribution >= 4 is 0 Å². The minimum atomic E-state index is 0.513. The highest BCUT2D eigenvalue weighted by molar-refractivity contribution is 4.99. The van der Waals surface area contributed by atoms with E-state index < -0.39 is 0 Å². The Hall–Kier alpha value is -1.76. The molecule has 0 spiro atoms. The number of aryl methyl sites for hydroxylation is 2. The quantitative estimate of drug-likeness (QED) is 0.782. The number of piperidine rings is 1. The highest BCUT2D eigenvalue weighted by Crippen LogP contribution is 2.20. The summed E-state index contributed by atoms with van der Waals surface area (Å²) in [6.45, 7) is 8.09. The highest BCUT2D eigenvalue weighted by atomic mass is 15.5. The SMILES string of the molecule is CCCCn1nnnc1CN1CCCC[C@@H]1Cn1cc(C)cn1. The molecule has 0 N–H and O–H groups in total. The molecule has 1 atom stereocenters. The molecule has 1 saturated heterocycles. The lowest BCUT2D eigenvalue weighted by molar-refractivity contribution is 0.116. The molecular formula is C16H27N7. The molecule has 0 amide bonds. The van der Waals surface area contributed by atoms with Gasteiger partial charge in [0.1, 0.15) is 0 Å². The third-order valence-corrected chi connectivity index (χ3v) is 4.58. The lowest BCUT2D eigenvalue weighted by Crippen LogP contribution is -2.42. The van der Waals surface area contributed by atoms with Crippen LogP contribution in [-0.2, 0) is 19.6 Å². The summed E-state index contributed by atoms with van der Waals surface area (Å²) in [6.07, 6.45) is 10.1. The van der Waals surface area contributed by atoms with Gasteiger partial charge < -0.3 is 0 Å². The maximum atomic E-state index is 4.44. The van der Waals surface area contributed by atoms with E-state index in [-0.39, 0.29) is 0 Å². The van der Waals surface area contributed by atoms with E-state index in [4.69, 9.17) is 0 Å². The van der Waals surface area contributed by atoms with E-state index in [1.807, 2.05) is 10.9 Å². The van der Waals surface area contributed by atoms with E-state index in [0.29, 0.717) is 6.04 Å². The minimum absolute atomic E-state index is 0.513. The third kappa shape index (κ3) is 4.16. The summed E-state index contributed by atoms with van der Waals surface area (Å²) in [5, 5.41) is 16.7. The molecule has 2 aromatic heterocycles. The number of tetrazole rings is 1. The number of nitrogens with zero attached hydrogens (tertiary/aromatic N) is 7. The van der Waals surface area contributed by atoms with Crippen LogP contribution in [0.15, 0.2) is 12.4 Å². The summed E-state index contributed by atoms with van der Waals surface area (Å²) in [4.78, 5) is 2.52. The number of hydrogen-bond donors (Lipinski definition) is 0. The smallest absolute Gasteiger partial charge is 0.165 e. The lowest BCUT2D eigenvalue weighted by atomic mass is 10.0. The normalized spacial score (nSPS) is 19.3. The number of hydrogen-bond acceptors (Lipinski definition) is 5. The zero-order valence-electron chi connectivity index (χ0n) is 14.2. The Bertz CT molecular complexity index is 603. The lowest BCUT2D eigenvalue weighted by Gasteiger charge is -2.35. The average molecular weight is 317 g/mol. The Kier molecular flexibility index (Phi) is 5.38. The van der Waals surface area contributed by atoms with Gasteiger partial charge in [0.05, 0.1) is 19.3 Å². The van der Waals surface area contributed by atoms with Crippen molar-refractivity contribution in [3.63, 3.8) is 0 Å². The Morgan fingerprint density at radius 2 is 2.22 bits per heavy atom. The molecule has 0 saturated carbocycles. The van der Waals surface area contributed by atoms with Crippen molar-refractivity contribution in [1.82, 2.24) is 34.9 Å². The second-order valence-electron chi connectivity index (χ2n) is 6.53. The van der Waals surface area contributed by atoms with Crippen LogP contribution >= 0.6 is 0 Å². The molecule has 3 heterocycles. The fraction of sp³-hybridized carbons (Fsp3) is 0.750. The number of unbranched alkanes of at least 4 members (excludes halogenated alkanes) is 1. The second kappa shape index (κ2) is 7.68. The van der Waals surface area contributed by atoms with Crippen molar-refractivity contribution in [2.75, 3.05) is 6.54 Å². The first-order valence-corrected chi connectivity index (χ1v) is 8.74. The largest absolute Gasteiger partial charge is 0.291 e. The first-order valence-electron chi connectivity index (χ1n) is 8.74. The molecule has 3 rings (SSSR count). The van der Waals surface area contributed by atoms with Gasteiger partial charge >= 0.3 is 0 Å². The van der Waals surface area contributed by atoms with Crippen LogP contribution in [-0.4, -0.2) is 47.5 Å². The van der Waals surface area contributed by atoms with Crippen LogP contribution < -0.4 is 0 Å². The molecule has 0 bridgehead atoms. The summed E-state index contributed by atoms with van der Waals surface area (Å²) in [7, 11) is 0. The van der Waals surface area contributed by atoms with Gasteiger partial charge in [-0.1, -0.05) is 19.8 Å². The first-order chi connectivity index (χ1) is 11.3. The maximum Gasteiger partial charge on any atom is 0.165 e. The molecule has 126 valence electrons. The van der Waals surface area contributed by atoms with Crippen LogP contribution in [0.4, 0.5) is 0 Å². The summed E-state index contributed by atoms with van der Waals surface area (Å²) in [5.41, 5.74) is 1.22. The maximum absolute atomic E-state index is 4.44. The molecule has 7 nitrogen and oxygen atoms in total. The zero-order chi connectivity index (χ0) is 16.1. The Morgan fingerprint density at radius 3 is 3.00 bits per heavy atom. The van der Waals surface area contributed by atoms with Crippen molar-refractivity contribution in [3.05, 3.63) is 23.8 Å². The molecule has 1 aliphatic heterocycles. The minimum Gasteiger partial charge on any atom is -0.291 e. The molecule has 1 aliphatic rings. The van der Waals surface area contributed by atoms with Gasteiger partial charge in [0.15, 0.2) is 5.82 Å². The van der Waals surface area contributed by atoms with Gasteiger partial charge in [-0.3, -0.25) is 9.58 Å². The van der Waals surface area contributed by atoms with Crippen LogP contribution in [0.1, 0.15) is 50.4 Å². The molecule has 23 heavy (non-hydrogen) atoms. The molecule has 0 unspecified atom stereocenters. The summed E-state index contributed by atoms with van der Waals surface area (Å²) in [6, 6.07) is 0.513. The van der Waals surface area contributed by atoms with Crippen LogP contribution in [0.3, 0.4) is 0 Å². The van der Waals surface area contributed by atoms with Crippen molar-refractivity contribution in [3.8, 4) is 0 Å². The van der Waals surface area contributed by atoms with E-state index in [0.717, 1.165) is 44.8 Å². The summed E-state index contributed by atoms with van der Waals surface area (Å²) >= 11 is 0. The van der Waals surface area contributed by atoms with Gasteiger partial charge in [-0.05, 0) is 48.7 Å². The van der Waals surface area contributed by atoms with Crippen molar-refractivity contribution in [1.29, 1.82) is 0 Å². The second-order valence-corrected chi connectivity index (χ2v) is 6.53. The topological polar surface area (TPSA) is 64.7 Å². The Balaban J connectivity index is 1.65. The van der Waals surface area contributed by atoms with Crippen molar-refractivity contribution in [2.45, 2.75) is 71.6 Å². The highest BCUT2D eigenvalue weighted by Gasteiger charge is 2.24. The van der Waals surface area contributed by atoms with Gasteiger partial charge in [0.25, 0.3) is 0 Å². The molecule has 1 fully saturated rings. The molecule has 0 aliphatic carbocycles. The zero-order valence-corrected chi connectivity index (χ0v) is 14.2. The van der Waals surface area contributed by atoms with Crippen LogP contribution in [0, 0.1) is 6.92 Å². The van der Waals surface area contributed by atoms with Crippen molar-refractivity contribution < 1.29 is 0 Å². The summed E-state index contributed by atoms with van der Waals surface area (Å²) in [5.74, 6) is 0.988. The van der Waals surface area contributed by atoms with E-state index in [1.165, 1.54) is 24.8 Å². The predicted octanol–water partition coefficient (Wildman–Crippen LogP) is 2.03. The standard InChI is InChI=1S/C16H27N7/c1-3-4-9-23-16(18-19-20-23)13-21-8-6-5-7-15(21)12-22-11-14(2)10-17-22/h10-11,15H,3-9,12-13H2,1-2H3/t15-/m1/s1. The van der Waals surface area contributed by atoms with E-state index in [9.17, 15) is 0 Å². The fourth-order valence-electron chi connectivity index (χ4n) is 3.26. The molecular weight excluding hydrogens is 290 g/mol. The van der Waals surface area contributed by atoms with Crippen molar-refractivity contribution in [2.24, 2.45) is 0 Å². The van der Waals surface area contributed by atoms with Crippen LogP contribution in [0.2, 0.25) is 0 Å². The predicted molar refractivity (Wildman–Crippen MR) is 87.7 cm³/mol. The van der Waals surface area contributed by atoms with Crippen LogP contribution in [0.5, 0.6) is 0 Å². The van der Waals surface area contributed by atoms with Gasteiger partial charge in [0.2, 0.25) is 0 Å². The van der Waals surface area contributed by atoms with Crippen LogP contribution in [0.25, 0.3) is 0 Å². The average Bonchev–Trinajstić information content (AvgIpc) is 3.16. The Labute approximate surface area is 137 Å². The number of aromatic nitrogens is 6.